The fraction of sp³-hybridized carbons (Fsp3) is 0.133. The summed E-state index contributed by atoms with van der Waals surface area (Å²) >= 11 is 7.63. The molecule has 1 aromatic carbocycles. The number of nitrogens with two attached hydrogens (primary N) is 1. The molecule has 2 heterocycles. The van der Waals surface area contributed by atoms with E-state index < -0.39 is 0 Å². The maximum Gasteiger partial charge on any atom is 0.187 e. The number of ketones is 1. The van der Waals surface area contributed by atoms with Crippen LogP contribution in [0.1, 0.15) is 22.3 Å². The minimum absolute atomic E-state index is 0.0186. The molecular weight excluding hydrogens is 306 g/mol. The average molecular weight is 316 g/mol. The van der Waals surface area contributed by atoms with Crippen molar-refractivity contribution >= 4 is 45.2 Å². The molecule has 104 valence electrons. The van der Waals surface area contributed by atoms with Crippen LogP contribution in [-0.4, -0.2) is 11.6 Å². The first-order valence-electron chi connectivity index (χ1n) is 6.18. The number of hydrogen-bond donors (Lipinski definition) is 1. The predicted molar refractivity (Wildman–Crippen MR) is 86.0 cm³/mol. The van der Waals surface area contributed by atoms with Crippen LogP contribution in [0.3, 0.4) is 0 Å². The van der Waals surface area contributed by atoms with Crippen LogP contribution in [0.5, 0.6) is 0 Å². The van der Waals surface area contributed by atoms with E-state index in [9.17, 15) is 4.79 Å². The van der Waals surface area contributed by atoms with Gasteiger partial charge in [-0.25, -0.2) is 9.84 Å². The van der Waals surface area contributed by atoms with Crippen molar-refractivity contribution in [2.24, 2.45) is 10.7 Å². The van der Waals surface area contributed by atoms with Gasteiger partial charge in [-0.3, -0.25) is 4.79 Å². The van der Waals surface area contributed by atoms with Gasteiger partial charge in [0.05, 0.1) is 18.6 Å². The molecule has 1 aliphatic rings. The zero-order valence-corrected chi connectivity index (χ0v) is 12.7. The Bertz CT molecular complexity index is 845. The zero-order chi connectivity index (χ0) is 15.1. The summed E-state index contributed by atoms with van der Waals surface area (Å²) in [5.74, 6) is 0.316. The molecule has 0 amide bonds. The van der Waals surface area contributed by atoms with Crippen molar-refractivity contribution in [3.8, 4) is 10.4 Å². The first-order chi connectivity index (χ1) is 10.0. The van der Waals surface area contributed by atoms with Gasteiger partial charge in [0.25, 0.3) is 0 Å². The second-order valence-electron chi connectivity index (χ2n) is 4.72. The molecule has 4 nitrogen and oxygen atoms in total. The summed E-state index contributed by atoms with van der Waals surface area (Å²) in [7, 11) is 0. The van der Waals surface area contributed by atoms with E-state index in [0.717, 1.165) is 16.0 Å². The molecule has 1 aliphatic heterocycles. The maximum absolute atomic E-state index is 12.1. The summed E-state index contributed by atoms with van der Waals surface area (Å²) in [4.78, 5) is 20.7. The van der Waals surface area contributed by atoms with E-state index in [1.165, 1.54) is 11.3 Å². The molecule has 0 spiro atoms. The SMILES string of the molecule is [C-]#[N+]c1ccc(Cl)c(-c2sc3c(c2C)C(=O)CC(N)=N3)c1. The van der Waals surface area contributed by atoms with Crippen LogP contribution in [-0.2, 0) is 0 Å². The number of rotatable bonds is 1. The normalized spacial score (nSPS) is 13.6. The van der Waals surface area contributed by atoms with E-state index in [2.05, 4.69) is 9.84 Å². The fourth-order valence-electron chi connectivity index (χ4n) is 2.34. The van der Waals surface area contributed by atoms with E-state index in [4.69, 9.17) is 23.9 Å². The van der Waals surface area contributed by atoms with Crippen molar-refractivity contribution in [3.05, 3.63) is 45.8 Å². The van der Waals surface area contributed by atoms with Gasteiger partial charge in [-0.15, -0.1) is 11.3 Å². The third-order valence-electron chi connectivity index (χ3n) is 3.32. The highest BCUT2D eigenvalue weighted by molar-refractivity contribution is 7.20. The third-order valence-corrected chi connectivity index (χ3v) is 4.87. The van der Waals surface area contributed by atoms with Crippen molar-refractivity contribution < 1.29 is 4.79 Å². The summed E-state index contributed by atoms with van der Waals surface area (Å²) in [5.41, 5.74) is 8.41. The van der Waals surface area contributed by atoms with Crippen molar-refractivity contribution in [1.82, 2.24) is 0 Å². The summed E-state index contributed by atoms with van der Waals surface area (Å²) in [5, 5.41) is 1.18. The maximum atomic E-state index is 12.1. The molecule has 0 bridgehead atoms. The number of amidine groups is 1. The molecule has 0 radical (unpaired) electrons. The van der Waals surface area contributed by atoms with Crippen LogP contribution in [0.25, 0.3) is 15.3 Å². The van der Waals surface area contributed by atoms with Gasteiger partial charge in [0.15, 0.2) is 11.5 Å². The number of nitrogens with zero attached hydrogens (tertiary/aromatic N) is 2. The first-order valence-corrected chi connectivity index (χ1v) is 7.37. The lowest BCUT2D eigenvalue weighted by molar-refractivity contribution is 0.0999. The van der Waals surface area contributed by atoms with Crippen molar-refractivity contribution in [3.63, 3.8) is 0 Å². The molecule has 2 aromatic rings. The predicted octanol–water partition coefficient (Wildman–Crippen LogP) is 4.50. The smallest absolute Gasteiger partial charge is 0.187 e. The van der Waals surface area contributed by atoms with Crippen molar-refractivity contribution in [1.29, 1.82) is 0 Å². The molecule has 3 rings (SSSR count). The first kappa shape index (κ1) is 13.8. The van der Waals surface area contributed by atoms with E-state index in [0.29, 0.717) is 27.1 Å². The molecule has 0 fully saturated rings. The number of carbonyl (C=O) groups is 1. The summed E-state index contributed by atoms with van der Waals surface area (Å²) < 4.78 is 0. The molecular formula is C15H10ClN3OS. The molecule has 2 N–H and O–H groups in total. The van der Waals surface area contributed by atoms with Gasteiger partial charge in [0.2, 0.25) is 0 Å². The van der Waals surface area contributed by atoms with Crippen molar-refractivity contribution in [2.45, 2.75) is 13.3 Å². The Labute approximate surface area is 130 Å². The fourth-order valence-corrected chi connectivity index (χ4v) is 3.87. The van der Waals surface area contributed by atoms with E-state index >= 15 is 0 Å². The molecule has 0 atom stereocenters. The minimum atomic E-state index is -0.0186. The molecule has 21 heavy (non-hydrogen) atoms. The lowest BCUT2D eigenvalue weighted by atomic mass is 10.0. The van der Waals surface area contributed by atoms with Crippen LogP contribution >= 0.6 is 22.9 Å². The van der Waals surface area contributed by atoms with Gasteiger partial charge >= 0.3 is 0 Å². The summed E-state index contributed by atoms with van der Waals surface area (Å²) in [6.45, 7) is 8.98. The summed E-state index contributed by atoms with van der Waals surface area (Å²) in [6, 6.07) is 5.10. The largest absolute Gasteiger partial charge is 0.387 e. The third kappa shape index (κ3) is 2.23. The molecule has 0 aliphatic carbocycles. The standard InChI is InChI=1S/C15H10ClN3OS/c1-7-13-11(20)6-12(17)19-15(13)21-14(7)9-5-8(18-2)3-4-10(9)16/h3-5H,6H2,1H3,(H2,17,19). The Morgan fingerprint density at radius 2 is 2.24 bits per heavy atom. The van der Waals surface area contributed by atoms with Crippen LogP contribution in [0, 0.1) is 13.5 Å². The Morgan fingerprint density at radius 3 is 2.95 bits per heavy atom. The number of carbonyl (C=O) groups excluding carboxylic acids is 1. The van der Waals surface area contributed by atoms with E-state index in [-0.39, 0.29) is 12.2 Å². The lowest BCUT2D eigenvalue weighted by Crippen LogP contribution is -2.20. The van der Waals surface area contributed by atoms with Gasteiger partial charge in [0, 0.05) is 15.5 Å². The number of halogens is 1. The number of thiophene rings is 1. The average Bonchev–Trinajstić information content (AvgIpc) is 2.76. The monoisotopic (exact) mass is 315 g/mol. The van der Waals surface area contributed by atoms with Gasteiger partial charge in [-0.2, -0.15) is 0 Å². The Kier molecular flexibility index (Phi) is 3.28. The number of hydrogen-bond acceptors (Lipinski definition) is 4. The highest BCUT2D eigenvalue weighted by Gasteiger charge is 2.26. The van der Waals surface area contributed by atoms with Gasteiger partial charge in [-0.05, 0) is 18.6 Å². The Balaban J connectivity index is 2.25. The topological polar surface area (TPSA) is 59.8 Å². The van der Waals surface area contributed by atoms with Gasteiger partial charge in [-0.1, -0.05) is 23.7 Å². The van der Waals surface area contributed by atoms with Gasteiger partial charge < -0.3 is 5.73 Å². The van der Waals surface area contributed by atoms with Crippen molar-refractivity contribution in [2.75, 3.05) is 0 Å². The highest BCUT2D eigenvalue weighted by Crippen LogP contribution is 2.46. The quantitative estimate of drug-likeness (QED) is 0.787. The molecule has 6 heteroatoms. The number of benzene rings is 1. The Hall–Kier alpha value is -2.16. The highest BCUT2D eigenvalue weighted by atomic mass is 35.5. The van der Waals surface area contributed by atoms with Crippen LogP contribution in [0.2, 0.25) is 5.02 Å². The van der Waals surface area contributed by atoms with Gasteiger partial charge in [0.1, 0.15) is 10.8 Å². The van der Waals surface area contributed by atoms with E-state index in [1.54, 1.807) is 18.2 Å². The number of Topliss-reactive ketones (excluding diaryl/α,β-unsaturated/α-hetero) is 1. The zero-order valence-electron chi connectivity index (χ0n) is 11.1. The second-order valence-corrected chi connectivity index (χ2v) is 6.12. The molecule has 1 aromatic heterocycles. The lowest BCUT2D eigenvalue weighted by Gasteiger charge is -2.08. The number of aliphatic imine (C=N–C) groups is 1. The van der Waals surface area contributed by atoms with Crippen LogP contribution in [0.15, 0.2) is 23.2 Å². The van der Waals surface area contributed by atoms with E-state index in [1.807, 2.05) is 6.92 Å². The summed E-state index contributed by atoms with van der Waals surface area (Å²) in [6.07, 6.45) is 0.153. The molecule has 0 saturated heterocycles. The Morgan fingerprint density at radius 1 is 1.48 bits per heavy atom. The number of fused-ring (bicyclic) bond motifs is 1. The van der Waals surface area contributed by atoms with Crippen LogP contribution in [0.4, 0.5) is 10.7 Å². The minimum Gasteiger partial charge on any atom is -0.387 e. The van der Waals surface area contributed by atoms with Crippen LogP contribution < -0.4 is 5.73 Å². The second kappa shape index (κ2) is 4.99. The molecule has 0 unspecified atom stereocenters. The molecule has 0 saturated carbocycles.